The summed E-state index contributed by atoms with van der Waals surface area (Å²) in [5, 5.41) is 3.37. The average Bonchev–Trinajstić information content (AvgIpc) is 2.45. The van der Waals surface area contributed by atoms with Crippen LogP contribution in [0.5, 0.6) is 0 Å². The molecule has 0 aliphatic rings. The van der Waals surface area contributed by atoms with Crippen molar-refractivity contribution in [3.63, 3.8) is 0 Å². The van der Waals surface area contributed by atoms with Crippen molar-refractivity contribution < 1.29 is 8.42 Å². The molecule has 1 rings (SSSR count). The third-order valence-corrected chi connectivity index (χ3v) is 5.20. The monoisotopic (exact) mass is 317 g/mol. The molecule has 1 aromatic rings. The molecule has 0 aromatic carbocycles. The molecule has 0 bridgehead atoms. The first kappa shape index (κ1) is 17.4. The molecule has 0 amide bonds. The van der Waals surface area contributed by atoms with Gasteiger partial charge in [-0.3, -0.25) is 0 Å². The van der Waals surface area contributed by atoms with Crippen LogP contribution in [-0.2, 0) is 16.6 Å². The number of pyridine rings is 1. The van der Waals surface area contributed by atoms with Gasteiger partial charge in [-0.25, -0.2) is 13.4 Å². The smallest absolute Gasteiger partial charge is 0.260 e. The number of thioether (sulfide) groups is 1. The maximum Gasteiger partial charge on any atom is 0.260 e. The summed E-state index contributed by atoms with van der Waals surface area (Å²) >= 11 is 1.62. The van der Waals surface area contributed by atoms with Crippen LogP contribution in [0.4, 0.5) is 0 Å². The van der Waals surface area contributed by atoms with E-state index in [9.17, 15) is 8.42 Å². The van der Waals surface area contributed by atoms with Crippen LogP contribution >= 0.6 is 11.8 Å². The Kier molecular flexibility index (Phi) is 7.50. The molecule has 0 saturated heterocycles. The molecule has 0 spiro atoms. The number of rotatable bonds is 9. The Morgan fingerprint density at radius 3 is 2.70 bits per heavy atom. The van der Waals surface area contributed by atoms with Gasteiger partial charge in [-0.05, 0) is 30.9 Å². The Hall–Kier alpha value is -0.630. The molecule has 0 radical (unpaired) electrons. The second kappa shape index (κ2) is 8.61. The largest absolute Gasteiger partial charge is 0.313 e. The van der Waals surface area contributed by atoms with Gasteiger partial charge in [0.05, 0.1) is 0 Å². The highest BCUT2D eigenvalue weighted by Crippen LogP contribution is 2.12. The molecule has 0 unspecified atom stereocenters. The zero-order valence-corrected chi connectivity index (χ0v) is 13.9. The van der Waals surface area contributed by atoms with Crippen LogP contribution < -0.4 is 5.32 Å². The highest BCUT2D eigenvalue weighted by Gasteiger charge is 2.21. The second-order valence-electron chi connectivity index (χ2n) is 4.50. The van der Waals surface area contributed by atoms with E-state index in [2.05, 4.69) is 17.2 Å². The van der Waals surface area contributed by atoms with Crippen molar-refractivity contribution in [1.29, 1.82) is 0 Å². The summed E-state index contributed by atoms with van der Waals surface area (Å²) in [6, 6.07) is 3.39. The maximum atomic E-state index is 12.2. The lowest BCUT2D eigenvalue weighted by atomic mass is 10.3. The molecule has 20 heavy (non-hydrogen) atoms. The Labute approximate surface area is 126 Å². The molecular weight excluding hydrogens is 294 g/mol. The number of aromatic nitrogens is 1. The van der Waals surface area contributed by atoms with E-state index in [1.54, 1.807) is 31.1 Å². The van der Waals surface area contributed by atoms with E-state index in [1.165, 1.54) is 4.31 Å². The highest BCUT2D eigenvalue weighted by atomic mass is 32.2. The van der Waals surface area contributed by atoms with Crippen LogP contribution in [0.15, 0.2) is 23.4 Å². The van der Waals surface area contributed by atoms with Gasteiger partial charge in [0.25, 0.3) is 10.0 Å². The van der Waals surface area contributed by atoms with E-state index in [1.807, 2.05) is 12.3 Å². The van der Waals surface area contributed by atoms with E-state index in [-0.39, 0.29) is 5.03 Å². The van der Waals surface area contributed by atoms with E-state index >= 15 is 0 Å². The van der Waals surface area contributed by atoms with Gasteiger partial charge in [0.15, 0.2) is 5.03 Å². The number of nitrogens with zero attached hydrogens (tertiary/aromatic N) is 2. The third-order valence-electron chi connectivity index (χ3n) is 2.84. The highest BCUT2D eigenvalue weighted by molar-refractivity contribution is 7.98. The van der Waals surface area contributed by atoms with Crippen molar-refractivity contribution in [2.75, 3.05) is 32.1 Å². The van der Waals surface area contributed by atoms with Crippen molar-refractivity contribution in [2.45, 2.75) is 24.9 Å². The number of sulfonamides is 1. The third kappa shape index (κ3) is 5.05. The molecule has 5 nitrogen and oxygen atoms in total. The van der Waals surface area contributed by atoms with Crippen LogP contribution in [0.2, 0.25) is 0 Å². The first-order valence-electron chi connectivity index (χ1n) is 6.63. The van der Waals surface area contributed by atoms with Crippen LogP contribution in [0, 0.1) is 0 Å². The Morgan fingerprint density at radius 1 is 1.40 bits per heavy atom. The Bertz CT molecular complexity index is 489. The Balaban J connectivity index is 2.71. The molecule has 1 N–H and O–H groups in total. The van der Waals surface area contributed by atoms with Crippen molar-refractivity contribution in [1.82, 2.24) is 14.6 Å². The van der Waals surface area contributed by atoms with Crippen LogP contribution in [0.25, 0.3) is 0 Å². The molecule has 1 aromatic heterocycles. The quantitative estimate of drug-likeness (QED) is 0.700. The normalized spacial score (nSPS) is 12.0. The maximum absolute atomic E-state index is 12.2. The summed E-state index contributed by atoms with van der Waals surface area (Å²) in [7, 11) is -1.88. The summed E-state index contributed by atoms with van der Waals surface area (Å²) in [6.45, 7) is 4.25. The van der Waals surface area contributed by atoms with Crippen molar-refractivity contribution in [3.8, 4) is 0 Å². The average molecular weight is 317 g/mol. The van der Waals surface area contributed by atoms with E-state index in [0.717, 1.165) is 24.3 Å². The van der Waals surface area contributed by atoms with Gasteiger partial charge in [0.2, 0.25) is 0 Å². The van der Waals surface area contributed by atoms with Gasteiger partial charge < -0.3 is 5.32 Å². The fraction of sp³-hybridized carbons (Fsp3) is 0.615. The molecule has 7 heteroatoms. The molecule has 0 atom stereocenters. The molecule has 1 heterocycles. The summed E-state index contributed by atoms with van der Waals surface area (Å²) in [5.74, 6) is 0.773. The number of hydrogen-bond acceptors (Lipinski definition) is 5. The number of nitrogens with one attached hydrogen (secondary N) is 1. The lowest BCUT2D eigenvalue weighted by Gasteiger charge is -2.16. The van der Waals surface area contributed by atoms with Gasteiger partial charge in [0.1, 0.15) is 0 Å². The number of hydrogen-bond donors (Lipinski definition) is 1. The Morgan fingerprint density at radius 2 is 2.15 bits per heavy atom. The van der Waals surface area contributed by atoms with Gasteiger partial charge in [-0.2, -0.15) is 16.1 Å². The summed E-state index contributed by atoms with van der Waals surface area (Å²) in [6.07, 6.45) is 4.65. The van der Waals surface area contributed by atoms with Crippen LogP contribution in [-0.4, -0.2) is 49.9 Å². The van der Waals surface area contributed by atoms with Gasteiger partial charge >= 0.3 is 0 Å². The van der Waals surface area contributed by atoms with E-state index in [0.29, 0.717) is 13.1 Å². The van der Waals surface area contributed by atoms with Crippen LogP contribution in [0.3, 0.4) is 0 Å². The minimum absolute atomic E-state index is 0.111. The first-order chi connectivity index (χ1) is 9.52. The standard InChI is InChI=1S/C13H23N3O2S2/c1-4-7-14-10-12-5-6-13(15-11-12)20(17,18)16(2)8-9-19-3/h5-6,11,14H,4,7-10H2,1-3H3. The van der Waals surface area contributed by atoms with Gasteiger partial charge in [0, 0.05) is 32.1 Å². The summed E-state index contributed by atoms with van der Waals surface area (Å²) in [4.78, 5) is 4.08. The molecule has 114 valence electrons. The predicted molar refractivity (Wildman–Crippen MR) is 84.4 cm³/mol. The molecular formula is C13H23N3O2S2. The first-order valence-corrected chi connectivity index (χ1v) is 9.46. The summed E-state index contributed by atoms with van der Waals surface area (Å²) < 4.78 is 25.8. The second-order valence-corrected chi connectivity index (χ2v) is 7.48. The molecule has 0 saturated carbocycles. The summed E-state index contributed by atoms with van der Waals surface area (Å²) in [5.41, 5.74) is 0.990. The van der Waals surface area contributed by atoms with Crippen molar-refractivity contribution >= 4 is 21.8 Å². The minimum Gasteiger partial charge on any atom is -0.313 e. The molecule has 0 aliphatic heterocycles. The van der Waals surface area contributed by atoms with Gasteiger partial charge in [-0.15, -0.1) is 0 Å². The zero-order chi connectivity index (χ0) is 15.0. The van der Waals surface area contributed by atoms with Crippen molar-refractivity contribution in [3.05, 3.63) is 23.9 Å². The molecule has 0 aliphatic carbocycles. The topological polar surface area (TPSA) is 62.3 Å². The lowest BCUT2D eigenvalue weighted by molar-refractivity contribution is 0.485. The fourth-order valence-electron chi connectivity index (χ4n) is 1.58. The van der Waals surface area contributed by atoms with Crippen LogP contribution in [0.1, 0.15) is 18.9 Å². The zero-order valence-electron chi connectivity index (χ0n) is 12.3. The lowest BCUT2D eigenvalue weighted by Crippen LogP contribution is -2.29. The molecule has 0 fully saturated rings. The van der Waals surface area contributed by atoms with E-state index < -0.39 is 10.0 Å². The SMILES string of the molecule is CCCNCc1ccc(S(=O)(=O)N(C)CCSC)nc1. The van der Waals surface area contributed by atoms with E-state index in [4.69, 9.17) is 0 Å². The predicted octanol–water partition coefficient (Wildman–Crippen LogP) is 1.56. The van der Waals surface area contributed by atoms with Crippen molar-refractivity contribution in [2.24, 2.45) is 0 Å². The minimum atomic E-state index is -3.46. The fourth-order valence-corrected chi connectivity index (χ4v) is 3.23. The van der Waals surface area contributed by atoms with Gasteiger partial charge in [-0.1, -0.05) is 13.0 Å².